The summed E-state index contributed by atoms with van der Waals surface area (Å²) < 4.78 is 38.0. The lowest BCUT2D eigenvalue weighted by atomic mass is 10.3. The lowest BCUT2D eigenvalue weighted by molar-refractivity contribution is -0.141. The van der Waals surface area contributed by atoms with Crippen LogP contribution in [0.4, 0.5) is 24.9 Å². The number of nitrogens with zero attached hydrogens (tertiary/aromatic N) is 4. The van der Waals surface area contributed by atoms with Crippen molar-refractivity contribution in [3.63, 3.8) is 0 Å². The zero-order chi connectivity index (χ0) is 15.6. The molecule has 6 nitrogen and oxygen atoms in total. The Morgan fingerprint density at radius 3 is 2.57 bits per heavy atom. The van der Waals surface area contributed by atoms with E-state index in [0.29, 0.717) is 11.4 Å². The number of alkyl halides is 3. The second-order valence-corrected chi connectivity index (χ2v) is 4.42. The van der Waals surface area contributed by atoms with Crippen LogP contribution in [0.25, 0.3) is 0 Å². The van der Waals surface area contributed by atoms with E-state index in [1.807, 2.05) is 0 Å². The lowest BCUT2D eigenvalue weighted by Gasteiger charge is -2.11. The van der Waals surface area contributed by atoms with Gasteiger partial charge in [-0.05, 0) is 19.9 Å². The summed E-state index contributed by atoms with van der Waals surface area (Å²) in [6.45, 7) is 3.23. The minimum Gasteiger partial charge on any atom is -0.368 e. The van der Waals surface area contributed by atoms with Crippen LogP contribution in [0.1, 0.15) is 22.8 Å². The monoisotopic (exact) mass is 298 g/mol. The van der Waals surface area contributed by atoms with E-state index in [0.717, 1.165) is 6.07 Å². The molecule has 0 spiro atoms. The number of anilines is 2. The van der Waals surface area contributed by atoms with Crippen LogP contribution in [0.15, 0.2) is 12.3 Å². The van der Waals surface area contributed by atoms with Crippen LogP contribution < -0.4 is 11.1 Å². The number of aromatic nitrogens is 4. The SMILES string of the molecule is Cc1cc(C(F)(F)F)nc(CNc2nc(N)ncc2C)n1. The zero-order valence-corrected chi connectivity index (χ0v) is 11.4. The summed E-state index contributed by atoms with van der Waals surface area (Å²) in [6, 6.07) is 0.900. The third-order valence-corrected chi connectivity index (χ3v) is 2.60. The molecule has 2 aromatic rings. The summed E-state index contributed by atoms with van der Waals surface area (Å²) in [5, 5.41) is 2.85. The molecule has 2 rings (SSSR count). The normalized spacial score (nSPS) is 11.5. The van der Waals surface area contributed by atoms with Crippen molar-refractivity contribution in [2.24, 2.45) is 0 Å². The molecule has 9 heteroatoms. The van der Waals surface area contributed by atoms with Gasteiger partial charge < -0.3 is 11.1 Å². The van der Waals surface area contributed by atoms with E-state index < -0.39 is 11.9 Å². The summed E-state index contributed by atoms with van der Waals surface area (Å²) in [5.41, 5.74) is 5.45. The van der Waals surface area contributed by atoms with Crippen LogP contribution in [0, 0.1) is 13.8 Å². The second kappa shape index (κ2) is 5.51. The number of aryl methyl sites for hydroxylation is 2. The van der Waals surface area contributed by atoms with Gasteiger partial charge in [0.2, 0.25) is 5.95 Å². The second-order valence-electron chi connectivity index (χ2n) is 4.42. The summed E-state index contributed by atoms with van der Waals surface area (Å²) in [6.07, 6.45) is -2.99. The molecule has 0 radical (unpaired) electrons. The molecule has 112 valence electrons. The maximum absolute atomic E-state index is 12.7. The van der Waals surface area contributed by atoms with Crippen LogP contribution in [0.5, 0.6) is 0 Å². The Bertz CT molecular complexity index is 656. The average molecular weight is 298 g/mol. The summed E-state index contributed by atoms with van der Waals surface area (Å²) in [7, 11) is 0. The van der Waals surface area contributed by atoms with E-state index in [1.165, 1.54) is 13.1 Å². The van der Waals surface area contributed by atoms with Crippen molar-refractivity contribution in [2.45, 2.75) is 26.6 Å². The van der Waals surface area contributed by atoms with Crippen molar-refractivity contribution >= 4 is 11.8 Å². The van der Waals surface area contributed by atoms with Gasteiger partial charge in [0.05, 0.1) is 6.54 Å². The van der Waals surface area contributed by atoms with E-state index in [2.05, 4.69) is 25.3 Å². The first-order chi connectivity index (χ1) is 9.75. The number of hydrogen-bond donors (Lipinski definition) is 2. The molecule has 0 atom stereocenters. The molecule has 2 aromatic heterocycles. The molecule has 0 unspecified atom stereocenters. The molecule has 0 aliphatic heterocycles. The zero-order valence-electron chi connectivity index (χ0n) is 11.4. The molecule has 0 saturated carbocycles. The number of hydrogen-bond acceptors (Lipinski definition) is 6. The standard InChI is InChI=1S/C12H13F3N6/c1-6-4-18-11(16)21-10(6)17-5-9-19-7(2)3-8(20-9)12(13,14)15/h3-4H,5H2,1-2H3,(H3,16,17,18,21). The summed E-state index contributed by atoms with van der Waals surface area (Å²) in [4.78, 5) is 15.2. The van der Waals surface area contributed by atoms with Gasteiger partial charge in [-0.3, -0.25) is 0 Å². The topological polar surface area (TPSA) is 89.6 Å². The number of nitrogen functional groups attached to an aromatic ring is 1. The Balaban J connectivity index is 2.20. The van der Waals surface area contributed by atoms with Gasteiger partial charge in [-0.1, -0.05) is 0 Å². The smallest absolute Gasteiger partial charge is 0.368 e. The van der Waals surface area contributed by atoms with Crippen molar-refractivity contribution in [1.29, 1.82) is 0 Å². The Morgan fingerprint density at radius 1 is 1.19 bits per heavy atom. The predicted molar refractivity (Wildman–Crippen MR) is 70.3 cm³/mol. The van der Waals surface area contributed by atoms with Gasteiger partial charge in [0.1, 0.15) is 17.3 Å². The first kappa shape index (κ1) is 14.9. The highest BCUT2D eigenvalue weighted by Gasteiger charge is 2.33. The fourth-order valence-electron chi connectivity index (χ4n) is 1.65. The maximum atomic E-state index is 12.7. The van der Waals surface area contributed by atoms with Gasteiger partial charge in [0.15, 0.2) is 0 Å². The van der Waals surface area contributed by atoms with Crippen LogP contribution in [-0.2, 0) is 12.7 Å². The fourth-order valence-corrected chi connectivity index (χ4v) is 1.65. The molecule has 0 bridgehead atoms. The summed E-state index contributed by atoms with van der Waals surface area (Å²) >= 11 is 0. The molecule has 2 heterocycles. The molecular formula is C12H13F3N6. The molecule has 0 fully saturated rings. The van der Waals surface area contributed by atoms with Gasteiger partial charge in [-0.15, -0.1) is 0 Å². The first-order valence-corrected chi connectivity index (χ1v) is 6.00. The van der Waals surface area contributed by atoms with E-state index in [-0.39, 0.29) is 24.0 Å². The van der Waals surface area contributed by atoms with E-state index in [9.17, 15) is 13.2 Å². The van der Waals surface area contributed by atoms with Gasteiger partial charge in [0, 0.05) is 17.5 Å². The van der Waals surface area contributed by atoms with Gasteiger partial charge >= 0.3 is 6.18 Å². The minimum absolute atomic E-state index is 0.00204. The van der Waals surface area contributed by atoms with Crippen LogP contribution in [0.3, 0.4) is 0 Å². The molecule has 0 aliphatic carbocycles. The van der Waals surface area contributed by atoms with Crippen molar-refractivity contribution in [3.8, 4) is 0 Å². The number of halogens is 3. The van der Waals surface area contributed by atoms with Crippen molar-refractivity contribution in [1.82, 2.24) is 19.9 Å². The van der Waals surface area contributed by atoms with E-state index in [4.69, 9.17) is 5.73 Å². The highest BCUT2D eigenvalue weighted by Crippen LogP contribution is 2.27. The molecule has 3 N–H and O–H groups in total. The van der Waals surface area contributed by atoms with Crippen LogP contribution in [0.2, 0.25) is 0 Å². The quantitative estimate of drug-likeness (QED) is 0.902. The third-order valence-electron chi connectivity index (χ3n) is 2.60. The van der Waals surface area contributed by atoms with Crippen LogP contribution >= 0.6 is 0 Å². The van der Waals surface area contributed by atoms with E-state index >= 15 is 0 Å². The third kappa shape index (κ3) is 3.77. The van der Waals surface area contributed by atoms with E-state index in [1.54, 1.807) is 6.92 Å². The maximum Gasteiger partial charge on any atom is 0.433 e. The van der Waals surface area contributed by atoms with Crippen LogP contribution in [-0.4, -0.2) is 19.9 Å². The Kier molecular flexibility index (Phi) is 3.92. The van der Waals surface area contributed by atoms with Crippen molar-refractivity contribution in [2.75, 3.05) is 11.1 Å². The lowest BCUT2D eigenvalue weighted by Crippen LogP contribution is -2.14. The minimum atomic E-state index is -4.50. The Labute approximate surface area is 118 Å². The fraction of sp³-hybridized carbons (Fsp3) is 0.333. The van der Waals surface area contributed by atoms with Crippen molar-refractivity contribution in [3.05, 3.63) is 35.0 Å². The van der Waals surface area contributed by atoms with Crippen molar-refractivity contribution < 1.29 is 13.2 Å². The van der Waals surface area contributed by atoms with Gasteiger partial charge in [-0.2, -0.15) is 18.2 Å². The highest BCUT2D eigenvalue weighted by atomic mass is 19.4. The molecule has 0 aliphatic rings. The highest BCUT2D eigenvalue weighted by molar-refractivity contribution is 5.45. The number of nitrogens with two attached hydrogens (primary N) is 1. The molecule has 0 saturated heterocycles. The Morgan fingerprint density at radius 2 is 1.90 bits per heavy atom. The van der Waals surface area contributed by atoms with Gasteiger partial charge in [0.25, 0.3) is 0 Å². The number of nitrogens with one attached hydrogen (secondary N) is 1. The molecule has 0 aromatic carbocycles. The number of rotatable bonds is 3. The summed E-state index contributed by atoms with van der Waals surface area (Å²) in [5.74, 6) is 0.532. The molecular weight excluding hydrogens is 285 g/mol. The Hall–Kier alpha value is -2.45. The van der Waals surface area contributed by atoms with Gasteiger partial charge in [-0.25, -0.2) is 15.0 Å². The molecule has 0 amide bonds. The predicted octanol–water partition coefficient (Wildman–Crippen LogP) is 2.10. The average Bonchev–Trinajstić information content (AvgIpc) is 2.38. The largest absolute Gasteiger partial charge is 0.433 e. The first-order valence-electron chi connectivity index (χ1n) is 6.00. The molecule has 21 heavy (non-hydrogen) atoms.